The summed E-state index contributed by atoms with van der Waals surface area (Å²) in [6, 6.07) is 3.68. The van der Waals surface area contributed by atoms with Crippen LogP contribution in [-0.2, 0) is 10.2 Å². The van der Waals surface area contributed by atoms with Crippen LogP contribution in [0.5, 0.6) is 0 Å². The Morgan fingerprint density at radius 1 is 1.35 bits per heavy atom. The van der Waals surface area contributed by atoms with Crippen molar-refractivity contribution in [3.63, 3.8) is 0 Å². The van der Waals surface area contributed by atoms with E-state index in [0.29, 0.717) is 16.5 Å². The number of nitrogens with one attached hydrogen (secondary N) is 2. The average molecular weight is 310 g/mol. The SMILES string of the molecule is CC1(C)C(=O)Nc2c(Cl)cc(C3=NNC(=O)SC3)cc21. The van der Waals surface area contributed by atoms with Crippen LogP contribution in [0.15, 0.2) is 17.2 Å². The molecule has 0 unspecified atom stereocenters. The van der Waals surface area contributed by atoms with Gasteiger partial charge in [-0.2, -0.15) is 5.10 Å². The lowest BCUT2D eigenvalue weighted by molar-refractivity contribution is -0.119. The second kappa shape index (κ2) is 4.49. The van der Waals surface area contributed by atoms with Crippen LogP contribution in [0.4, 0.5) is 10.5 Å². The first-order valence-electron chi connectivity index (χ1n) is 6.05. The van der Waals surface area contributed by atoms with Crippen molar-refractivity contribution in [2.45, 2.75) is 19.3 Å². The topological polar surface area (TPSA) is 70.6 Å². The first-order valence-corrected chi connectivity index (χ1v) is 7.41. The predicted molar refractivity (Wildman–Crippen MR) is 80.6 cm³/mol. The van der Waals surface area contributed by atoms with E-state index in [1.807, 2.05) is 19.9 Å². The van der Waals surface area contributed by atoms with Gasteiger partial charge in [-0.15, -0.1) is 0 Å². The summed E-state index contributed by atoms with van der Waals surface area (Å²) in [5.74, 6) is 0.419. The van der Waals surface area contributed by atoms with Gasteiger partial charge in [0.1, 0.15) is 0 Å². The maximum absolute atomic E-state index is 12.0. The lowest BCUT2D eigenvalue weighted by Crippen LogP contribution is -2.27. The van der Waals surface area contributed by atoms with Crippen molar-refractivity contribution >= 4 is 45.9 Å². The number of rotatable bonds is 1. The molecule has 0 bridgehead atoms. The van der Waals surface area contributed by atoms with Crippen LogP contribution in [0.3, 0.4) is 0 Å². The quantitative estimate of drug-likeness (QED) is 0.838. The van der Waals surface area contributed by atoms with E-state index < -0.39 is 5.41 Å². The summed E-state index contributed by atoms with van der Waals surface area (Å²) in [5.41, 5.74) is 4.90. The maximum atomic E-state index is 12.0. The molecule has 7 heteroatoms. The van der Waals surface area contributed by atoms with E-state index in [2.05, 4.69) is 15.8 Å². The minimum atomic E-state index is -0.624. The molecule has 0 saturated heterocycles. The summed E-state index contributed by atoms with van der Waals surface area (Å²) in [7, 11) is 0. The molecule has 2 amide bonds. The van der Waals surface area contributed by atoms with Crippen molar-refractivity contribution in [2.75, 3.05) is 11.1 Å². The second-order valence-corrected chi connectivity index (χ2v) is 6.56. The van der Waals surface area contributed by atoms with Crippen LogP contribution in [0.25, 0.3) is 0 Å². The molecule has 0 saturated carbocycles. The number of thioether (sulfide) groups is 1. The van der Waals surface area contributed by atoms with Crippen LogP contribution in [0.1, 0.15) is 25.0 Å². The maximum Gasteiger partial charge on any atom is 0.299 e. The lowest BCUT2D eigenvalue weighted by Gasteiger charge is -2.17. The molecule has 0 aliphatic carbocycles. The number of fused-ring (bicyclic) bond motifs is 1. The Morgan fingerprint density at radius 3 is 2.75 bits per heavy atom. The number of nitrogens with zero attached hydrogens (tertiary/aromatic N) is 1. The van der Waals surface area contributed by atoms with Gasteiger partial charge in [0.05, 0.1) is 21.8 Å². The third-order valence-corrected chi connectivity index (χ3v) is 4.59. The minimum absolute atomic E-state index is 0.0696. The zero-order chi connectivity index (χ0) is 14.5. The van der Waals surface area contributed by atoms with Crippen molar-refractivity contribution in [1.82, 2.24) is 5.43 Å². The third-order valence-electron chi connectivity index (χ3n) is 3.53. The fourth-order valence-electron chi connectivity index (χ4n) is 2.24. The number of benzene rings is 1. The summed E-state index contributed by atoms with van der Waals surface area (Å²) in [6.07, 6.45) is 0. The van der Waals surface area contributed by atoms with Gasteiger partial charge < -0.3 is 5.32 Å². The molecule has 2 aliphatic rings. The standard InChI is InChI=1S/C13H12ClN3O2S/c1-13(2)7-3-6(9-5-20-12(19)17-16-9)4-8(14)10(7)15-11(13)18/h3-4H,5H2,1-2H3,(H,15,18)(H,17,19). The molecule has 0 atom stereocenters. The van der Waals surface area contributed by atoms with Gasteiger partial charge in [-0.3, -0.25) is 9.59 Å². The first-order chi connectivity index (χ1) is 9.39. The van der Waals surface area contributed by atoms with Gasteiger partial charge in [-0.05, 0) is 31.5 Å². The number of carbonyl (C=O) groups is 2. The highest BCUT2D eigenvalue weighted by Crippen LogP contribution is 2.42. The van der Waals surface area contributed by atoms with E-state index in [0.717, 1.165) is 28.6 Å². The molecule has 104 valence electrons. The molecule has 3 rings (SSSR count). The molecule has 20 heavy (non-hydrogen) atoms. The molecule has 2 heterocycles. The predicted octanol–water partition coefficient (Wildman–Crippen LogP) is 2.73. The number of halogens is 1. The summed E-state index contributed by atoms with van der Waals surface area (Å²) < 4.78 is 0. The normalized spacial score (nSPS) is 20.1. The largest absolute Gasteiger partial charge is 0.324 e. The number of hydrogen-bond acceptors (Lipinski definition) is 4. The van der Waals surface area contributed by atoms with Gasteiger partial charge in [0.2, 0.25) is 5.91 Å². The van der Waals surface area contributed by atoms with Crippen LogP contribution in [0, 0.1) is 0 Å². The van der Waals surface area contributed by atoms with E-state index in [1.54, 1.807) is 6.07 Å². The summed E-state index contributed by atoms with van der Waals surface area (Å²) in [4.78, 5) is 23.1. The zero-order valence-corrected chi connectivity index (χ0v) is 12.5. The smallest absolute Gasteiger partial charge is 0.299 e. The van der Waals surface area contributed by atoms with Crippen molar-refractivity contribution in [3.8, 4) is 0 Å². The Kier molecular flexibility index (Phi) is 3.02. The molecule has 5 nitrogen and oxygen atoms in total. The highest BCUT2D eigenvalue weighted by molar-refractivity contribution is 8.14. The highest BCUT2D eigenvalue weighted by Gasteiger charge is 2.40. The molecule has 1 aromatic rings. The summed E-state index contributed by atoms with van der Waals surface area (Å²) >= 11 is 7.41. The molecule has 2 aliphatic heterocycles. The second-order valence-electron chi connectivity index (χ2n) is 5.21. The number of hydrazone groups is 1. The van der Waals surface area contributed by atoms with Crippen molar-refractivity contribution in [1.29, 1.82) is 0 Å². The third kappa shape index (κ3) is 1.99. The van der Waals surface area contributed by atoms with Crippen LogP contribution >= 0.6 is 23.4 Å². The minimum Gasteiger partial charge on any atom is -0.324 e. The Morgan fingerprint density at radius 2 is 2.10 bits per heavy atom. The Labute approximate surface area is 125 Å². The number of hydrogen-bond donors (Lipinski definition) is 2. The fourth-order valence-corrected chi connectivity index (χ4v) is 3.12. The van der Waals surface area contributed by atoms with E-state index in [9.17, 15) is 9.59 Å². The Bertz CT molecular complexity index is 670. The van der Waals surface area contributed by atoms with Gasteiger partial charge in [0.15, 0.2) is 0 Å². The van der Waals surface area contributed by atoms with Gasteiger partial charge >= 0.3 is 0 Å². The van der Waals surface area contributed by atoms with E-state index >= 15 is 0 Å². The number of anilines is 1. The Hall–Kier alpha value is -1.53. The fraction of sp³-hybridized carbons (Fsp3) is 0.308. The summed E-state index contributed by atoms with van der Waals surface area (Å²) in [6.45, 7) is 3.71. The number of amides is 2. The van der Waals surface area contributed by atoms with E-state index in [4.69, 9.17) is 11.6 Å². The average Bonchev–Trinajstić information content (AvgIpc) is 2.63. The van der Waals surface area contributed by atoms with Crippen molar-refractivity contribution < 1.29 is 9.59 Å². The first kappa shape index (κ1) is 13.5. The molecular formula is C13H12ClN3O2S. The lowest BCUT2D eigenvalue weighted by atomic mass is 9.85. The van der Waals surface area contributed by atoms with Gasteiger partial charge in [0.25, 0.3) is 5.24 Å². The van der Waals surface area contributed by atoms with Crippen LogP contribution in [-0.4, -0.2) is 22.6 Å². The molecular weight excluding hydrogens is 298 g/mol. The van der Waals surface area contributed by atoms with Crippen molar-refractivity contribution in [2.24, 2.45) is 5.10 Å². The van der Waals surface area contributed by atoms with Gasteiger partial charge in [-0.25, -0.2) is 5.43 Å². The van der Waals surface area contributed by atoms with E-state index in [1.165, 1.54) is 0 Å². The molecule has 0 aromatic heterocycles. The molecule has 0 spiro atoms. The number of carbonyl (C=O) groups excluding carboxylic acids is 2. The monoisotopic (exact) mass is 309 g/mol. The highest BCUT2D eigenvalue weighted by atomic mass is 35.5. The molecule has 2 N–H and O–H groups in total. The molecule has 0 radical (unpaired) electrons. The Balaban J connectivity index is 2.09. The van der Waals surface area contributed by atoms with E-state index in [-0.39, 0.29) is 11.1 Å². The summed E-state index contributed by atoms with van der Waals surface area (Å²) in [5, 5.41) is 7.17. The van der Waals surface area contributed by atoms with Crippen molar-refractivity contribution in [3.05, 3.63) is 28.3 Å². The zero-order valence-electron chi connectivity index (χ0n) is 10.9. The van der Waals surface area contributed by atoms with Crippen LogP contribution in [0.2, 0.25) is 5.02 Å². The molecule has 1 aromatic carbocycles. The van der Waals surface area contributed by atoms with Gasteiger partial charge in [-0.1, -0.05) is 23.4 Å². The van der Waals surface area contributed by atoms with Crippen LogP contribution < -0.4 is 10.7 Å². The molecule has 0 fully saturated rings. The van der Waals surface area contributed by atoms with Gasteiger partial charge in [0, 0.05) is 11.3 Å².